The Kier molecular flexibility index (Phi) is 13.0. The first-order valence-corrected chi connectivity index (χ1v) is 15.7. The summed E-state index contributed by atoms with van der Waals surface area (Å²) < 4.78 is 9.70. The summed E-state index contributed by atoms with van der Waals surface area (Å²) in [4.78, 5) is 2.40. The van der Waals surface area contributed by atoms with Crippen molar-refractivity contribution < 1.29 is 35.2 Å². The van der Waals surface area contributed by atoms with Gasteiger partial charge < -0.3 is 35.2 Å². The molecule has 0 bridgehead atoms. The monoisotopic (exact) mass is 618 g/mol. The van der Waals surface area contributed by atoms with E-state index in [0.29, 0.717) is 10.1 Å². The molecule has 2 N–H and O–H groups in total. The van der Waals surface area contributed by atoms with Crippen LogP contribution in [0.1, 0.15) is 48.3 Å². The highest BCUT2D eigenvalue weighted by Crippen LogP contribution is 2.35. The molecule has 4 heterocycles. The van der Waals surface area contributed by atoms with E-state index in [9.17, 15) is 10.4 Å². The Morgan fingerprint density at radius 2 is 1.00 bits per heavy atom. The topological polar surface area (TPSA) is 71.2 Å². The van der Waals surface area contributed by atoms with Crippen LogP contribution in [0.2, 0.25) is 0 Å². The van der Waals surface area contributed by atoms with Crippen molar-refractivity contribution in [3.63, 3.8) is 0 Å². The third-order valence-electron chi connectivity index (χ3n) is 5.39. The van der Waals surface area contributed by atoms with E-state index in [1.807, 2.05) is 0 Å². The zero-order valence-corrected chi connectivity index (χ0v) is 25.4. The summed E-state index contributed by atoms with van der Waals surface area (Å²) in [6.07, 6.45) is 7.60. The summed E-state index contributed by atoms with van der Waals surface area (Å²) in [6, 6.07) is 0. The lowest BCUT2D eigenvalue weighted by Gasteiger charge is -2.07. The molecule has 2 fully saturated rings. The summed E-state index contributed by atoms with van der Waals surface area (Å²) in [5.41, 5.74) is 0. The first-order valence-electron chi connectivity index (χ1n) is 10.8. The Morgan fingerprint density at radius 3 is 1.32 bits per heavy atom. The molecule has 0 unspecified atom stereocenters. The number of oxime groups is 2. The second-order valence-electron chi connectivity index (χ2n) is 7.74. The van der Waals surface area contributed by atoms with E-state index in [4.69, 9.17) is 0 Å². The first-order chi connectivity index (χ1) is 15.6. The molecule has 0 amide bonds. The second-order valence-corrected chi connectivity index (χ2v) is 15.2. The van der Waals surface area contributed by atoms with Gasteiger partial charge >= 0.3 is 7.97 Å². The quantitative estimate of drug-likeness (QED) is 0.112. The summed E-state index contributed by atoms with van der Waals surface area (Å²) >= 11 is 9.83. The van der Waals surface area contributed by atoms with Gasteiger partial charge in [-0.1, -0.05) is 56.5 Å². The lowest BCUT2D eigenvalue weighted by molar-refractivity contribution is -0.001000. The largest absolute Gasteiger partial charge is 1.00 e. The number of piperidine rings is 2. The van der Waals surface area contributed by atoms with Crippen LogP contribution in [-0.2, 0) is 0 Å². The molecular formula is C20H28Cl2N4O2S6. The minimum atomic E-state index is 0. The molecule has 0 saturated carbocycles. The molecular weight excluding hydrogens is 592 g/mol. The lowest BCUT2D eigenvalue weighted by Crippen LogP contribution is -3.00. The van der Waals surface area contributed by atoms with Crippen LogP contribution in [0.4, 0.5) is 0 Å². The van der Waals surface area contributed by atoms with Crippen LogP contribution in [0.5, 0.6) is 0 Å². The molecule has 6 nitrogen and oxygen atoms in total. The molecule has 0 atom stereocenters. The highest BCUT2D eigenvalue weighted by atomic mass is 35.5. The first kappa shape index (κ1) is 30.1. The van der Waals surface area contributed by atoms with Gasteiger partial charge in [0.2, 0.25) is 0 Å². The van der Waals surface area contributed by atoms with Crippen LogP contribution in [0.3, 0.4) is 0 Å². The number of thioether (sulfide) groups is 2. The molecule has 0 spiro atoms. The minimum absolute atomic E-state index is 0. The molecule has 0 aliphatic carbocycles. The van der Waals surface area contributed by atoms with Gasteiger partial charge in [0.05, 0.1) is 8.42 Å². The van der Waals surface area contributed by atoms with Crippen molar-refractivity contribution in [1.29, 1.82) is 0 Å². The van der Waals surface area contributed by atoms with Gasteiger partial charge in [0.1, 0.15) is 26.2 Å². The van der Waals surface area contributed by atoms with Gasteiger partial charge in [-0.3, -0.25) is 0 Å². The van der Waals surface area contributed by atoms with Crippen LogP contribution in [-0.4, -0.2) is 46.7 Å². The predicted molar refractivity (Wildman–Crippen MR) is 142 cm³/mol. The van der Waals surface area contributed by atoms with E-state index in [1.165, 1.54) is 79.8 Å². The maximum absolute atomic E-state index is 9.75. The molecule has 0 radical (unpaired) electrons. The van der Waals surface area contributed by atoms with E-state index in [-0.39, 0.29) is 24.8 Å². The standard InChI is InChI=1S/C20H26N4O2S6.2ClH/c1-13-17(31-19(27-13)23-9-5-3-6-10-23)29-15(21-25)16(22-26)30-18-14(2)28-20(32-18)24-11-7-4-8-12-24;;/h3-12H2,1-2H3;2*1H. The Morgan fingerprint density at radius 1 is 0.647 bits per heavy atom. The zero-order chi connectivity index (χ0) is 22.5. The van der Waals surface area contributed by atoms with Crippen LogP contribution >= 0.6 is 68.9 Å². The molecule has 0 aromatic carbocycles. The van der Waals surface area contributed by atoms with E-state index in [0.717, 1.165) is 34.6 Å². The van der Waals surface area contributed by atoms with Crippen molar-refractivity contribution >= 4 is 79.0 Å². The van der Waals surface area contributed by atoms with Crippen molar-refractivity contribution in [3.05, 3.63) is 17.7 Å². The molecule has 2 aromatic rings. The van der Waals surface area contributed by atoms with Crippen molar-refractivity contribution in [3.8, 4) is 0 Å². The van der Waals surface area contributed by atoms with Gasteiger partial charge in [-0.05, 0) is 49.4 Å². The summed E-state index contributed by atoms with van der Waals surface area (Å²) in [7, 11) is 0. The molecule has 4 rings (SSSR count). The smallest absolute Gasteiger partial charge is 0.315 e. The Balaban J connectivity index is 0.00000204. The normalized spacial score (nSPS) is 17.4. The number of rotatable bonds is 2. The molecule has 2 aliphatic rings. The molecule has 190 valence electrons. The maximum atomic E-state index is 9.75. The fourth-order valence-electron chi connectivity index (χ4n) is 3.68. The lowest BCUT2D eigenvalue weighted by atomic mass is 10.2. The average Bonchev–Trinajstić information content (AvgIpc) is 3.39. The third-order valence-corrected chi connectivity index (χ3v) is 13.7. The Hall–Kier alpha value is -0.0800. The van der Waals surface area contributed by atoms with Crippen molar-refractivity contribution in [2.45, 2.75) is 60.8 Å². The van der Waals surface area contributed by atoms with E-state index in [1.54, 1.807) is 45.3 Å². The SMILES string of the molecule is Cc1sc(=[N+]2CCCCC2)sc1SC(=NO)C(=NO)Sc1sc(=[N+]2CCCCC2)sc1C.[Cl-].[Cl-]. The van der Waals surface area contributed by atoms with Gasteiger partial charge in [-0.2, -0.15) is 0 Å². The number of aryl methyl sites for hydroxylation is 2. The predicted octanol–water partition coefficient (Wildman–Crippen LogP) is -1.07. The van der Waals surface area contributed by atoms with Gasteiger partial charge in [0.25, 0.3) is 0 Å². The van der Waals surface area contributed by atoms with E-state index < -0.39 is 0 Å². The molecule has 2 aliphatic heterocycles. The van der Waals surface area contributed by atoms with Crippen LogP contribution in [0.15, 0.2) is 18.7 Å². The summed E-state index contributed by atoms with van der Waals surface area (Å²) in [5.74, 6) is 0. The third kappa shape index (κ3) is 7.47. The van der Waals surface area contributed by atoms with Gasteiger partial charge in [0.15, 0.2) is 10.1 Å². The number of nitrogens with zero attached hydrogens (tertiary/aromatic N) is 4. The number of halogens is 2. The minimum Gasteiger partial charge on any atom is -1.00 e. The van der Waals surface area contributed by atoms with Crippen LogP contribution in [0.25, 0.3) is 0 Å². The Bertz CT molecular complexity index is 1060. The molecule has 2 saturated heterocycles. The van der Waals surface area contributed by atoms with E-state index >= 15 is 0 Å². The fourth-order valence-corrected chi connectivity index (χ4v) is 11.6. The van der Waals surface area contributed by atoms with Crippen LogP contribution in [0, 0.1) is 13.8 Å². The van der Waals surface area contributed by atoms with Crippen molar-refractivity contribution in [2.75, 3.05) is 26.2 Å². The highest BCUT2D eigenvalue weighted by Gasteiger charge is 2.23. The number of hydrogen-bond acceptors (Lipinski definition) is 10. The maximum Gasteiger partial charge on any atom is 0.315 e. The van der Waals surface area contributed by atoms with E-state index in [2.05, 4.69) is 33.3 Å². The molecule has 34 heavy (non-hydrogen) atoms. The van der Waals surface area contributed by atoms with Gasteiger partial charge in [-0.15, -0.1) is 0 Å². The second kappa shape index (κ2) is 14.6. The number of hydrogen-bond donors (Lipinski definition) is 2. The average molecular weight is 620 g/mol. The summed E-state index contributed by atoms with van der Waals surface area (Å²) in [5, 5.41) is 27.2. The van der Waals surface area contributed by atoms with Crippen LogP contribution < -0.4 is 41.9 Å². The van der Waals surface area contributed by atoms with Crippen molar-refractivity contribution in [1.82, 2.24) is 9.15 Å². The summed E-state index contributed by atoms with van der Waals surface area (Å²) in [6.45, 7) is 8.64. The highest BCUT2D eigenvalue weighted by molar-refractivity contribution is 8.26. The molecule has 2 aromatic heterocycles. The zero-order valence-electron chi connectivity index (χ0n) is 19.0. The fraction of sp³-hybridized carbons (Fsp3) is 0.600. The molecule has 14 heteroatoms. The van der Waals surface area contributed by atoms with Gasteiger partial charge in [-0.25, -0.2) is 9.15 Å². The Labute approximate surface area is 236 Å². The van der Waals surface area contributed by atoms with Crippen molar-refractivity contribution in [2.24, 2.45) is 10.3 Å². The van der Waals surface area contributed by atoms with Gasteiger partial charge in [0, 0.05) is 35.4 Å².